The summed E-state index contributed by atoms with van der Waals surface area (Å²) >= 11 is 3.43. The lowest BCUT2D eigenvalue weighted by Crippen LogP contribution is -2.35. The molecule has 0 aliphatic heterocycles. The fourth-order valence-electron chi connectivity index (χ4n) is 2.60. The molecule has 1 saturated carbocycles. The number of hydrogen-bond donors (Lipinski definition) is 3. The summed E-state index contributed by atoms with van der Waals surface area (Å²) in [4.78, 5) is 11.4. The minimum absolute atomic E-state index is 0.390. The monoisotopic (exact) mass is 325 g/mol. The summed E-state index contributed by atoms with van der Waals surface area (Å²) in [6.07, 6.45) is 4.54. The highest BCUT2D eigenvalue weighted by Crippen LogP contribution is 2.26. The number of nitrogens with one attached hydrogen (secondary N) is 2. The van der Waals surface area contributed by atoms with Crippen molar-refractivity contribution >= 4 is 27.5 Å². The maximum atomic E-state index is 11.4. The van der Waals surface area contributed by atoms with Gasteiger partial charge in [0.2, 0.25) is 0 Å². The number of carbonyl (C=O) groups excluding carboxylic acids is 1. The molecule has 2 rings (SSSR count). The van der Waals surface area contributed by atoms with Gasteiger partial charge in [-0.1, -0.05) is 15.9 Å². The quantitative estimate of drug-likeness (QED) is 0.796. The molecule has 1 amide bonds. The molecule has 1 aliphatic rings. The van der Waals surface area contributed by atoms with Crippen molar-refractivity contribution < 1.29 is 4.79 Å². The van der Waals surface area contributed by atoms with Crippen LogP contribution in [-0.2, 0) is 0 Å². The van der Waals surface area contributed by atoms with Crippen LogP contribution in [0.25, 0.3) is 0 Å². The molecular weight excluding hydrogens is 306 g/mol. The largest absolute Gasteiger partial charge is 0.382 e. The van der Waals surface area contributed by atoms with Gasteiger partial charge in [-0.2, -0.15) is 0 Å². The molecule has 0 bridgehead atoms. The van der Waals surface area contributed by atoms with E-state index in [1.54, 1.807) is 6.07 Å². The normalized spacial score (nSPS) is 23.1. The summed E-state index contributed by atoms with van der Waals surface area (Å²) in [5.74, 6) is -0.390. The first kappa shape index (κ1) is 14.3. The van der Waals surface area contributed by atoms with Crippen molar-refractivity contribution in [2.45, 2.75) is 37.8 Å². The molecule has 0 atom stereocenters. The minimum Gasteiger partial charge on any atom is -0.382 e. The van der Waals surface area contributed by atoms with Crippen LogP contribution >= 0.6 is 15.9 Å². The van der Waals surface area contributed by atoms with Crippen molar-refractivity contribution in [1.82, 2.24) is 5.32 Å². The van der Waals surface area contributed by atoms with Gasteiger partial charge in [0.05, 0.1) is 5.56 Å². The van der Waals surface area contributed by atoms with Gasteiger partial charge in [-0.3, -0.25) is 4.79 Å². The van der Waals surface area contributed by atoms with Crippen LogP contribution in [0.4, 0.5) is 5.69 Å². The number of benzene rings is 1. The van der Waals surface area contributed by atoms with Crippen LogP contribution in [0.5, 0.6) is 0 Å². The molecule has 1 aromatic rings. The Morgan fingerprint density at radius 1 is 1.26 bits per heavy atom. The number of anilines is 1. The van der Waals surface area contributed by atoms with Crippen molar-refractivity contribution in [3.63, 3.8) is 0 Å². The Balaban J connectivity index is 2.06. The standard InChI is InChI=1S/C14H20BrN3O/c1-17-10-3-5-11(6-4-10)18-13-8-9(15)2-7-12(13)14(16)19/h2,7-8,10-11,17-18H,3-6H2,1H3,(H2,16,19). The summed E-state index contributed by atoms with van der Waals surface area (Å²) in [6.45, 7) is 0. The van der Waals surface area contributed by atoms with Crippen molar-refractivity contribution in [2.24, 2.45) is 5.73 Å². The molecular formula is C14H20BrN3O. The molecule has 0 aromatic heterocycles. The molecule has 4 N–H and O–H groups in total. The van der Waals surface area contributed by atoms with Gasteiger partial charge in [-0.25, -0.2) is 0 Å². The van der Waals surface area contributed by atoms with Gasteiger partial charge in [0.25, 0.3) is 5.91 Å². The van der Waals surface area contributed by atoms with E-state index >= 15 is 0 Å². The number of carbonyl (C=O) groups is 1. The first-order chi connectivity index (χ1) is 9.10. The summed E-state index contributed by atoms with van der Waals surface area (Å²) in [5.41, 5.74) is 6.79. The highest BCUT2D eigenvalue weighted by Gasteiger charge is 2.21. The zero-order chi connectivity index (χ0) is 13.8. The molecule has 0 radical (unpaired) electrons. The summed E-state index contributed by atoms with van der Waals surface area (Å²) in [7, 11) is 2.01. The molecule has 19 heavy (non-hydrogen) atoms. The predicted octanol–water partition coefficient (Wildman–Crippen LogP) is 2.49. The molecule has 104 valence electrons. The van der Waals surface area contributed by atoms with Crippen LogP contribution in [0.3, 0.4) is 0 Å². The molecule has 1 fully saturated rings. The van der Waals surface area contributed by atoms with E-state index in [1.807, 2.05) is 19.2 Å². The van der Waals surface area contributed by atoms with Gasteiger partial charge >= 0.3 is 0 Å². The first-order valence-corrected chi connectivity index (χ1v) is 7.42. The van der Waals surface area contributed by atoms with E-state index in [2.05, 4.69) is 26.6 Å². The van der Waals surface area contributed by atoms with Gasteiger partial charge < -0.3 is 16.4 Å². The van der Waals surface area contributed by atoms with E-state index in [1.165, 1.54) is 0 Å². The van der Waals surface area contributed by atoms with Crippen molar-refractivity contribution in [3.8, 4) is 0 Å². The van der Waals surface area contributed by atoms with Gasteiger partial charge in [0.15, 0.2) is 0 Å². The van der Waals surface area contributed by atoms with Crippen LogP contribution < -0.4 is 16.4 Å². The minimum atomic E-state index is -0.390. The van der Waals surface area contributed by atoms with Gasteiger partial charge in [0, 0.05) is 22.2 Å². The number of hydrogen-bond acceptors (Lipinski definition) is 3. The smallest absolute Gasteiger partial charge is 0.250 e. The van der Waals surface area contributed by atoms with Gasteiger partial charge in [-0.15, -0.1) is 0 Å². The average molecular weight is 326 g/mol. The summed E-state index contributed by atoms with van der Waals surface area (Å²) < 4.78 is 0.948. The van der Waals surface area contributed by atoms with Crippen LogP contribution in [0.1, 0.15) is 36.0 Å². The molecule has 1 aromatic carbocycles. The fourth-order valence-corrected chi connectivity index (χ4v) is 2.96. The maximum absolute atomic E-state index is 11.4. The number of nitrogens with two attached hydrogens (primary N) is 1. The molecule has 0 unspecified atom stereocenters. The molecule has 0 heterocycles. The van der Waals surface area contributed by atoms with E-state index in [9.17, 15) is 4.79 Å². The van der Waals surface area contributed by atoms with Crippen molar-refractivity contribution in [1.29, 1.82) is 0 Å². The third kappa shape index (κ3) is 3.70. The van der Waals surface area contributed by atoms with E-state index in [-0.39, 0.29) is 5.91 Å². The second kappa shape index (κ2) is 6.39. The van der Waals surface area contributed by atoms with Crippen molar-refractivity contribution in [2.75, 3.05) is 12.4 Å². The van der Waals surface area contributed by atoms with E-state index in [4.69, 9.17) is 5.73 Å². The molecule has 0 saturated heterocycles. The summed E-state index contributed by atoms with van der Waals surface area (Å²) in [5, 5.41) is 6.78. The van der Waals surface area contributed by atoms with Gasteiger partial charge in [0.1, 0.15) is 0 Å². The van der Waals surface area contributed by atoms with Crippen LogP contribution in [0, 0.1) is 0 Å². The molecule has 1 aliphatic carbocycles. The van der Waals surface area contributed by atoms with Crippen LogP contribution in [0.15, 0.2) is 22.7 Å². The second-order valence-corrected chi connectivity index (χ2v) is 5.95. The van der Waals surface area contributed by atoms with Gasteiger partial charge in [-0.05, 0) is 50.9 Å². The Morgan fingerprint density at radius 3 is 2.47 bits per heavy atom. The second-order valence-electron chi connectivity index (χ2n) is 5.04. The first-order valence-electron chi connectivity index (χ1n) is 6.63. The third-order valence-electron chi connectivity index (χ3n) is 3.74. The third-order valence-corrected chi connectivity index (χ3v) is 4.24. The number of halogens is 1. The topological polar surface area (TPSA) is 67.2 Å². The Bertz CT molecular complexity index is 456. The Morgan fingerprint density at radius 2 is 1.89 bits per heavy atom. The number of amides is 1. The van der Waals surface area contributed by atoms with Crippen molar-refractivity contribution in [3.05, 3.63) is 28.2 Å². The predicted molar refractivity (Wildman–Crippen MR) is 81.4 cm³/mol. The highest BCUT2D eigenvalue weighted by molar-refractivity contribution is 9.10. The number of primary amides is 1. The lowest BCUT2D eigenvalue weighted by atomic mass is 9.91. The lowest BCUT2D eigenvalue weighted by molar-refractivity contribution is 0.100. The average Bonchev–Trinajstić information content (AvgIpc) is 2.39. The van der Waals surface area contributed by atoms with Crippen LogP contribution in [0.2, 0.25) is 0 Å². The van der Waals surface area contributed by atoms with E-state index in [0.29, 0.717) is 17.6 Å². The highest BCUT2D eigenvalue weighted by atomic mass is 79.9. The zero-order valence-electron chi connectivity index (χ0n) is 11.1. The van der Waals surface area contributed by atoms with Crippen LogP contribution in [-0.4, -0.2) is 25.0 Å². The lowest BCUT2D eigenvalue weighted by Gasteiger charge is -2.30. The Kier molecular flexibility index (Phi) is 4.82. The Labute approximate surface area is 122 Å². The summed E-state index contributed by atoms with van der Waals surface area (Å²) in [6, 6.07) is 6.55. The van der Waals surface area contributed by atoms with E-state index < -0.39 is 0 Å². The molecule has 5 heteroatoms. The Hall–Kier alpha value is -1.07. The fraction of sp³-hybridized carbons (Fsp3) is 0.500. The SMILES string of the molecule is CNC1CCC(Nc2cc(Br)ccc2C(N)=O)CC1. The zero-order valence-corrected chi connectivity index (χ0v) is 12.7. The maximum Gasteiger partial charge on any atom is 0.250 e. The number of rotatable bonds is 4. The molecule has 4 nitrogen and oxygen atoms in total. The van der Waals surface area contributed by atoms with E-state index in [0.717, 1.165) is 35.8 Å². The molecule has 0 spiro atoms.